The molecule has 1 atom stereocenters. The molecule has 50 valence electrons. The molecule has 0 unspecified atom stereocenters. The van der Waals surface area contributed by atoms with Gasteiger partial charge in [0.05, 0.1) is 6.61 Å². The lowest BCUT2D eigenvalue weighted by molar-refractivity contribution is -0.428. The third kappa shape index (κ3) is 4.09. The Bertz CT molecular complexity index is 54.5. The maximum Gasteiger partial charge on any atom is 0.108 e. The Morgan fingerprint density at radius 3 is 2.12 bits per heavy atom. The van der Waals surface area contributed by atoms with E-state index in [4.69, 9.17) is 5.11 Å². The summed E-state index contributed by atoms with van der Waals surface area (Å²) in [5.74, 6) is 0.657. The average Bonchev–Trinajstić information content (AvgIpc) is 1.65. The monoisotopic (exact) mass is 118 g/mol. The molecule has 2 nitrogen and oxygen atoms in total. The first-order valence-electron chi connectivity index (χ1n) is 3.10. The maximum atomic E-state index is 8.52. The molecule has 0 spiro atoms. The SMILES string of the molecule is CC(C)C[C@@H]([NH3+])CO. The van der Waals surface area contributed by atoms with Gasteiger partial charge in [0, 0.05) is 6.42 Å². The van der Waals surface area contributed by atoms with E-state index in [2.05, 4.69) is 19.6 Å². The van der Waals surface area contributed by atoms with Gasteiger partial charge in [-0.2, -0.15) is 0 Å². The van der Waals surface area contributed by atoms with Crippen molar-refractivity contribution in [3.8, 4) is 0 Å². The normalized spacial score (nSPS) is 14.6. The Hall–Kier alpha value is -0.0800. The summed E-state index contributed by atoms with van der Waals surface area (Å²) in [5.41, 5.74) is 3.75. The number of rotatable bonds is 3. The van der Waals surface area contributed by atoms with Crippen LogP contribution in [0, 0.1) is 5.92 Å². The Morgan fingerprint density at radius 2 is 2.00 bits per heavy atom. The second-order valence-corrected chi connectivity index (χ2v) is 2.68. The quantitative estimate of drug-likeness (QED) is 0.522. The van der Waals surface area contributed by atoms with E-state index in [0.29, 0.717) is 5.92 Å². The fraction of sp³-hybridized carbons (Fsp3) is 1.00. The standard InChI is InChI=1S/C6H15NO/c1-5(2)3-6(7)4-8/h5-6,8H,3-4,7H2,1-2H3/p+1/t6-/m1/s1. The second kappa shape index (κ2) is 3.87. The molecule has 0 aromatic carbocycles. The third-order valence-corrected chi connectivity index (χ3v) is 1.06. The lowest BCUT2D eigenvalue weighted by Gasteiger charge is -2.06. The summed E-state index contributed by atoms with van der Waals surface area (Å²) in [4.78, 5) is 0. The van der Waals surface area contributed by atoms with Crippen LogP contribution >= 0.6 is 0 Å². The second-order valence-electron chi connectivity index (χ2n) is 2.68. The molecule has 0 aliphatic rings. The van der Waals surface area contributed by atoms with Crippen molar-refractivity contribution < 1.29 is 10.8 Å². The van der Waals surface area contributed by atoms with E-state index in [1.807, 2.05) is 0 Å². The van der Waals surface area contributed by atoms with Gasteiger partial charge in [-0.3, -0.25) is 0 Å². The van der Waals surface area contributed by atoms with E-state index < -0.39 is 0 Å². The van der Waals surface area contributed by atoms with Crippen LogP contribution in [0.1, 0.15) is 20.3 Å². The van der Waals surface area contributed by atoms with E-state index >= 15 is 0 Å². The van der Waals surface area contributed by atoms with E-state index in [9.17, 15) is 0 Å². The molecule has 0 aromatic rings. The van der Waals surface area contributed by atoms with Gasteiger partial charge in [-0.15, -0.1) is 0 Å². The zero-order valence-corrected chi connectivity index (χ0v) is 5.72. The van der Waals surface area contributed by atoms with Gasteiger partial charge in [-0.25, -0.2) is 0 Å². The molecule has 8 heavy (non-hydrogen) atoms. The lowest BCUT2D eigenvalue weighted by atomic mass is 10.1. The summed E-state index contributed by atoms with van der Waals surface area (Å²) >= 11 is 0. The summed E-state index contributed by atoms with van der Waals surface area (Å²) in [6.07, 6.45) is 1.02. The van der Waals surface area contributed by atoms with Crippen molar-refractivity contribution in [1.29, 1.82) is 0 Å². The molecule has 0 fully saturated rings. The molecule has 0 aliphatic heterocycles. The largest absolute Gasteiger partial charge is 0.390 e. The van der Waals surface area contributed by atoms with E-state index in [0.717, 1.165) is 6.42 Å². The van der Waals surface area contributed by atoms with Gasteiger partial charge in [0.25, 0.3) is 0 Å². The van der Waals surface area contributed by atoms with Gasteiger partial charge in [0.2, 0.25) is 0 Å². The highest BCUT2D eigenvalue weighted by Crippen LogP contribution is 1.99. The summed E-state index contributed by atoms with van der Waals surface area (Å²) < 4.78 is 0. The van der Waals surface area contributed by atoms with Crippen molar-refractivity contribution in [3.63, 3.8) is 0 Å². The van der Waals surface area contributed by atoms with Gasteiger partial charge in [-0.05, 0) is 5.92 Å². The predicted octanol–water partition coefficient (Wildman–Crippen LogP) is -0.365. The Labute approximate surface area is 50.7 Å². The summed E-state index contributed by atoms with van der Waals surface area (Å²) in [6, 6.07) is 0.231. The lowest BCUT2D eigenvalue weighted by Crippen LogP contribution is -2.63. The first kappa shape index (κ1) is 7.92. The van der Waals surface area contributed by atoms with Crippen molar-refractivity contribution in [3.05, 3.63) is 0 Å². The molecular weight excluding hydrogens is 102 g/mol. The molecule has 4 N–H and O–H groups in total. The first-order valence-corrected chi connectivity index (χ1v) is 3.10. The van der Waals surface area contributed by atoms with Gasteiger partial charge >= 0.3 is 0 Å². The molecule has 0 bridgehead atoms. The van der Waals surface area contributed by atoms with E-state index in [-0.39, 0.29) is 12.6 Å². The number of quaternary nitrogens is 1. The Kier molecular flexibility index (Phi) is 3.83. The first-order chi connectivity index (χ1) is 3.66. The fourth-order valence-corrected chi connectivity index (χ4v) is 0.741. The van der Waals surface area contributed by atoms with Crippen LogP contribution in [-0.4, -0.2) is 17.8 Å². The van der Waals surface area contributed by atoms with Crippen molar-refractivity contribution in [2.75, 3.05) is 6.61 Å². The molecule has 0 aliphatic carbocycles. The summed E-state index contributed by atoms with van der Waals surface area (Å²) in [6.45, 7) is 4.49. The van der Waals surface area contributed by atoms with Crippen molar-refractivity contribution in [2.24, 2.45) is 5.92 Å². The minimum atomic E-state index is 0.220. The highest BCUT2D eigenvalue weighted by atomic mass is 16.3. The Balaban J connectivity index is 3.10. The third-order valence-electron chi connectivity index (χ3n) is 1.06. The molecule has 0 aromatic heterocycles. The Morgan fingerprint density at radius 1 is 1.50 bits per heavy atom. The van der Waals surface area contributed by atoms with Gasteiger partial charge < -0.3 is 10.8 Å². The molecule has 0 saturated carbocycles. The maximum absolute atomic E-state index is 8.52. The predicted molar refractivity (Wildman–Crippen MR) is 33.2 cm³/mol. The van der Waals surface area contributed by atoms with Gasteiger partial charge in [-0.1, -0.05) is 13.8 Å². The smallest absolute Gasteiger partial charge is 0.108 e. The van der Waals surface area contributed by atoms with Gasteiger partial charge in [0.15, 0.2) is 0 Å². The van der Waals surface area contributed by atoms with Crippen LogP contribution in [0.25, 0.3) is 0 Å². The molecular formula is C6H16NO+. The van der Waals surface area contributed by atoms with Gasteiger partial charge in [0.1, 0.15) is 6.04 Å². The van der Waals surface area contributed by atoms with Crippen LogP contribution in [-0.2, 0) is 0 Å². The average molecular weight is 118 g/mol. The van der Waals surface area contributed by atoms with E-state index in [1.165, 1.54) is 0 Å². The zero-order chi connectivity index (χ0) is 6.57. The van der Waals surface area contributed by atoms with Crippen molar-refractivity contribution in [1.82, 2.24) is 0 Å². The molecule has 0 saturated heterocycles. The molecule has 0 rings (SSSR count). The zero-order valence-electron chi connectivity index (χ0n) is 5.72. The molecule has 0 radical (unpaired) electrons. The minimum absolute atomic E-state index is 0.220. The highest BCUT2D eigenvalue weighted by molar-refractivity contribution is 4.53. The number of aliphatic hydroxyl groups excluding tert-OH is 1. The van der Waals surface area contributed by atoms with Crippen LogP contribution in [0.3, 0.4) is 0 Å². The summed E-state index contributed by atoms with van der Waals surface area (Å²) in [7, 11) is 0. The molecule has 2 heteroatoms. The number of aliphatic hydroxyl groups is 1. The number of hydrogen-bond donors (Lipinski definition) is 2. The van der Waals surface area contributed by atoms with Crippen molar-refractivity contribution in [2.45, 2.75) is 26.3 Å². The molecule has 0 heterocycles. The van der Waals surface area contributed by atoms with E-state index in [1.54, 1.807) is 0 Å². The summed E-state index contributed by atoms with van der Waals surface area (Å²) in [5, 5.41) is 8.52. The van der Waals surface area contributed by atoms with Crippen LogP contribution < -0.4 is 5.73 Å². The highest BCUT2D eigenvalue weighted by Gasteiger charge is 2.05. The minimum Gasteiger partial charge on any atom is -0.390 e. The van der Waals surface area contributed by atoms with Crippen LogP contribution in [0.4, 0.5) is 0 Å². The molecule has 0 amide bonds. The fourth-order valence-electron chi connectivity index (χ4n) is 0.741. The van der Waals surface area contributed by atoms with Crippen LogP contribution in [0.2, 0.25) is 0 Å². The van der Waals surface area contributed by atoms with Crippen LogP contribution in [0.15, 0.2) is 0 Å². The van der Waals surface area contributed by atoms with Crippen LogP contribution in [0.5, 0.6) is 0 Å². The number of hydrogen-bond acceptors (Lipinski definition) is 1. The topological polar surface area (TPSA) is 47.9 Å². The van der Waals surface area contributed by atoms with Crippen molar-refractivity contribution >= 4 is 0 Å².